The number of methoxy groups -OCH3 is 1. The van der Waals surface area contributed by atoms with Crippen LogP contribution >= 0.6 is 0 Å². The lowest BCUT2D eigenvalue weighted by molar-refractivity contribution is -0.132. The van der Waals surface area contributed by atoms with Crippen molar-refractivity contribution in [1.82, 2.24) is 9.97 Å². The summed E-state index contributed by atoms with van der Waals surface area (Å²) in [5.74, 6) is -0.925. The van der Waals surface area contributed by atoms with Gasteiger partial charge in [0, 0.05) is 31.4 Å². The van der Waals surface area contributed by atoms with Crippen molar-refractivity contribution in [1.29, 1.82) is 0 Å². The van der Waals surface area contributed by atoms with Crippen LogP contribution in [0.1, 0.15) is 17.2 Å². The Labute approximate surface area is 202 Å². The minimum atomic E-state index is -0.867. The summed E-state index contributed by atoms with van der Waals surface area (Å²) in [4.78, 5) is 37.6. The van der Waals surface area contributed by atoms with Crippen LogP contribution in [-0.2, 0) is 9.59 Å². The number of anilines is 2. The minimum Gasteiger partial charge on any atom is -0.507 e. The van der Waals surface area contributed by atoms with Gasteiger partial charge in [0.1, 0.15) is 11.5 Å². The first-order valence-corrected chi connectivity index (χ1v) is 11.1. The van der Waals surface area contributed by atoms with Gasteiger partial charge in [-0.05, 0) is 29.8 Å². The number of hydrogen-bond donors (Lipinski definition) is 2. The first-order valence-electron chi connectivity index (χ1n) is 11.1. The molecular weight excluding hydrogens is 444 g/mol. The van der Waals surface area contributed by atoms with E-state index in [-0.39, 0.29) is 17.3 Å². The third-order valence-corrected chi connectivity index (χ3v) is 6.12. The molecule has 2 heterocycles. The maximum Gasteiger partial charge on any atom is 0.302 e. The number of ether oxygens (including phenoxy) is 1. The number of ketones is 1. The van der Waals surface area contributed by atoms with E-state index in [2.05, 4.69) is 9.97 Å². The molecule has 1 aromatic heterocycles. The molecule has 1 aliphatic rings. The van der Waals surface area contributed by atoms with Gasteiger partial charge in [0.15, 0.2) is 0 Å². The Hall–Kier alpha value is -4.59. The van der Waals surface area contributed by atoms with Crippen LogP contribution in [0, 0.1) is 0 Å². The van der Waals surface area contributed by atoms with E-state index in [9.17, 15) is 14.7 Å². The number of nitrogens with one attached hydrogen (secondary N) is 1. The van der Waals surface area contributed by atoms with Crippen LogP contribution in [0.3, 0.4) is 0 Å². The number of amides is 1. The molecule has 1 atom stereocenters. The molecule has 2 N–H and O–H groups in total. The Bertz CT molecular complexity index is 1460. The normalized spacial score (nSPS) is 17.2. The lowest BCUT2D eigenvalue weighted by Gasteiger charge is -2.23. The lowest BCUT2D eigenvalue weighted by atomic mass is 9.95. The number of imidazole rings is 1. The molecule has 1 fully saturated rings. The van der Waals surface area contributed by atoms with Crippen molar-refractivity contribution < 1.29 is 19.4 Å². The third-order valence-electron chi connectivity index (χ3n) is 6.12. The molecule has 0 aliphatic carbocycles. The van der Waals surface area contributed by atoms with Gasteiger partial charge in [-0.3, -0.25) is 14.5 Å². The van der Waals surface area contributed by atoms with E-state index in [1.165, 1.54) is 4.90 Å². The summed E-state index contributed by atoms with van der Waals surface area (Å²) in [5.41, 5.74) is 3.37. The number of aromatic amines is 1. The van der Waals surface area contributed by atoms with Gasteiger partial charge in [0.2, 0.25) is 5.95 Å². The largest absolute Gasteiger partial charge is 0.507 e. The van der Waals surface area contributed by atoms with Crippen molar-refractivity contribution in [3.05, 3.63) is 89.5 Å². The fraction of sp³-hybridized carbons (Fsp3) is 0.148. The number of carbonyl (C=O) groups is 2. The van der Waals surface area contributed by atoms with E-state index in [0.29, 0.717) is 27.9 Å². The van der Waals surface area contributed by atoms with Crippen molar-refractivity contribution in [2.24, 2.45) is 0 Å². The Morgan fingerprint density at radius 2 is 1.74 bits per heavy atom. The molecule has 1 aliphatic heterocycles. The van der Waals surface area contributed by atoms with Crippen molar-refractivity contribution in [2.45, 2.75) is 6.04 Å². The van der Waals surface area contributed by atoms with E-state index >= 15 is 0 Å². The van der Waals surface area contributed by atoms with Crippen molar-refractivity contribution in [3.8, 4) is 5.75 Å². The Kier molecular flexibility index (Phi) is 5.49. The topological polar surface area (TPSA) is 98.8 Å². The van der Waals surface area contributed by atoms with Gasteiger partial charge in [-0.25, -0.2) is 4.98 Å². The number of benzene rings is 3. The second kappa shape index (κ2) is 8.64. The zero-order valence-corrected chi connectivity index (χ0v) is 19.5. The molecule has 4 aromatic rings. The van der Waals surface area contributed by atoms with Crippen LogP contribution in [-0.4, -0.2) is 48.0 Å². The summed E-state index contributed by atoms with van der Waals surface area (Å²) in [6.45, 7) is 0. The fourth-order valence-electron chi connectivity index (χ4n) is 4.29. The second-order valence-electron chi connectivity index (χ2n) is 8.46. The number of Topliss-reactive ketones (excluding diaryl/α,β-unsaturated/α-hetero) is 1. The highest BCUT2D eigenvalue weighted by Crippen LogP contribution is 2.42. The Morgan fingerprint density at radius 3 is 2.40 bits per heavy atom. The number of rotatable bonds is 5. The van der Waals surface area contributed by atoms with Gasteiger partial charge in [-0.15, -0.1) is 0 Å². The van der Waals surface area contributed by atoms with Crippen LogP contribution in [0.5, 0.6) is 5.75 Å². The SMILES string of the molecule is COc1ccc2nc(N3C(=O)C(=O)/C(=C(/O)c4ccccc4)C3c3ccc(N(C)C)cc3)[nH]c2c1. The molecular formula is C27H24N4O4. The van der Waals surface area contributed by atoms with Gasteiger partial charge in [0.25, 0.3) is 5.78 Å². The van der Waals surface area contributed by atoms with E-state index in [4.69, 9.17) is 4.74 Å². The van der Waals surface area contributed by atoms with E-state index in [0.717, 1.165) is 5.69 Å². The highest BCUT2D eigenvalue weighted by molar-refractivity contribution is 6.51. The predicted octanol–water partition coefficient (Wildman–Crippen LogP) is 4.26. The molecule has 0 spiro atoms. The predicted molar refractivity (Wildman–Crippen MR) is 135 cm³/mol. The molecule has 3 aromatic carbocycles. The molecule has 1 amide bonds. The molecule has 176 valence electrons. The summed E-state index contributed by atoms with van der Waals surface area (Å²) in [7, 11) is 5.43. The summed E-state index contributed by atoms with van der Waals surface area (Å²) < 4.78 is 5.29. The van der Waals surface area contributed by atoms with Gasteiger partial charge in [-0.2, -0.15) is 0 Å². The molecule has 1 unspecified atom stereocenters. The molecule has 1 saturated heterocycles. The lowest BCUT2D eigenvalue weighted by Crippen LogP contribution is -2.30. The summed E-state index contributed by atoms with van der Waals surface area (Å²) in [5, 5.41) is 11.2. The number of H-pyrrole nitrogens is 1. The van der Waals surface area contributed by atoms with Crippen molar-refractivity contribution in [3.63, 3.8) is 0 Å². The highest BCUT2D eigenvalue weighted by Gasteiger charge is 2.48. The first-order chi connectivity index (χ1) is 16.9. The minimum absolute atomic E-state index is 0.0110. The van der Waals surface area contributed by atoms with Gasteiger partial charge in [0.05, 0.1) is 29.8 Å². The maximum absolute atomic E-state index is 13.3. The van der Waals surface area contributed by atoms with Crippen LogP contribution in [0.25, 0.3) is 16.8 Å². The van der Waals surface area contributed by atoms with E-state index in [1.54, 1.807) is 49.6 Å². The number of nitrogens with zero attached hydrogens (tertiary/aromatic N) is 3. The van der Waals surface area contributed by atoms with E-state index < -0.39 is 17.7 Å². The molecule has 5 rings (SSSR count). The Balaban J connectivity index is 1.70. The molecule has 0 bridgehead atoms. The second-order valence-corrected chi connectivity index (χ2v) is 8.46. The van der Waals surface area contributed by atoms with Crippen molar-refractivity contribution in [2.75, 3.05) is 31.0 Å². The summed E-state index contributed by atoms with van der Waals surface area (Å²) in [6, 6.07) is 20.7. The standard InChI is InChI=1S/C27H24N4O4/c1-30(2)18-11-9-16(10-12-18)23-22(24(32)17-7-5-4-6-8-17)25(33)26(34)31(23)27-28-20-14-13-19(35-3)15-21(20)29-27/h4-15,23,32H,1-3H3,(H,28,29)/b24-22+. The molecule has 35 heavy (non-hydrogen) atoms. The number of aliphatic hydroxyl groups is 1. The molecule has 8 heteroatoms. The van der Waals surface area contributed by atoms with Gasteiger partial charge in [-0.1, -0.05) is 42.5 Å². The monoisotopic (exact) mass is 468 g/mol. The van der Waals surface area contributed by atoms with Crippen LogP contribution in [0.2, 0.25) is 0 Å². The van der Waals surface area contributed by atoms with Gasteiger partial charge < -0.3 is 19.7 Å². The molecule has 0 saturated carbocycles. The zero-order chi connectivity index (χ0) is 24.7. The number of fused-ring (bicyclic) bond motifs is 1. The average molecular weight is 469 g/mol. The van der Waals surface area contributed by atoms with Crippen LogP contribution in [0.15, 0.2) is 78.4 Å². The first kappa shape index (κ1) is 22.2. The zero-order valence-electron chi connectivity index (χ0n) is 19.5. The number of aromatic nitrogens is 2. The van der Waals surface area contributed by atoms with Crippen LogP contribution < -0.4 is 14.5 Å². The Morgan fingerprint density at radius 1 is 1.03 bits per heavy atom. The number of carbonyl (C=O) groups excluding carboxylic acids is 2. The quantitative estimate of drug-likeness (QED) is 0.258. The average Bonchev–Trinajstić information content (AvgIpc) is 3.41. The number of hydrogen-bond acceptors (Lipinski definition) is 6. The molecule has 8 nitrogen and oxygen atoms in total. The van der Waals surface area contributed by atoms with E-state index in [1.807, 2.05) is 49.3 Å². The number of aliphatic hydroxyl groups excluding tert-OH is 1. The fourth-order valence-corrected chi connectivity index (χ4v) is 4.29. The summed E-state index contributed by atoms with van der Waals surface area (Å²) in [6.07, 6.45) is 0. The third kappa shape index (κ3) is 3.78. The van der Waals surface area contributed by atoms with Crippen molar-refractivity contribution >= 4 is 40.1 Å². The molecule has 0 radical (unpaired) electrons. The van der Waals surface area contributed by atoms with Gasteiger partial charge >= 0.3 is 5.91 Å². The maximum atomic E-state index is 13.3. The highest BCUT2D eigenvalue weighted by atomic mass is 16.5. The van der Waals surface area contributed by atoms with Crippen LogP contribution in [0.4, 0.5) is 11.6 Å². The smallest absolute Gasteiger partial charge is 0.302 e. The summed E-state index contributed by atoms with van der Waals surface area (Å²) >= 11 is 0.